The van der Waals surface area contributed by atoms with Gasteiger partial charge in [0.05, 0.1) is 18.3 Å². The summed E-state index contributed by atoms with van der Waals surface area (Å²) in [6.07, 6.45) is -0.00217. The molecular weight excluding hydrogens is 234 g/mol. The lowest BCUT2D eigenvalue weighted by Crippen LogP contribution is -2.31. The number of rotatable bonds is 8. The van der Waals surface area contributed by atoms with Gasteiger partial charge in [0, 0.05) is 27.3 Å². The molecule has 0 saturated carbocycles. The second-order valence-corrected chi connectivity index (χ2v) is 3.95. The average Bonchev–Trinajstić information content (AvgIpc) is 2.38. The van der Waals surface area contributed by atoms with E-state index in [0.717, 1.165) is 5.56 Å². The number of aromatic carboxylic acids is 1. The Bertz CT molecular complexity index is 381. The number of carboxylic acid groups (broad SMARTS) is 1. The van der Waals surface area contributed by atoms with Gasteiger partial charge in [-0.15, -0.1) is 0 Å². The third-order valence-electron chi connectivity index (χ3n) is 2.56. The van der Waals surface area contributed by atoms with Crippen LogP contribution >= 0.6 is 0 Å². The fraction of sp³-hybridized carbons (Fsp3) is 0.462. The Kier molecular flexibility index (Phi) is 6.35. The molecule has 0 heterocycles. The molecule has 5 heteroatoms. The molecule has 0 aliphatic heterocycles. The van der Waals surface area contributed by atoms with Crippen molar-refractivity contribution in [2.24, 2.45) is 0 Å². The number of benzene rings is 1. The molecule has 1 unspecified atom stereocenters. The lowest BCUT2D eigenvalue weighted by molar-refractivity contribution is 0.0288. The SMILES string of the molecule is COCC(CNCc1cccc(C(=O)O)c1)OC. The van der Waals surface area contributed by atoms with Crippen molar-refractivity contribution < 1.29 is 19.4 Å². The van der Waals surface area contributed by atoms with E-state index in [1.165, 1.54) is 0 Å². The van der Waals surface area contributed by atoms with E-state index in [9.17, 15) is 4.79 Å². The third kappa shape index (κ3) is 4.83. The summed E-state index contributed by atoms with van der Waals surface area (Å²) in [4.78, 5) is 10.8. The van der Waals surface area contributed by atoms with E-state index in [-0.39, 0.29) is 6.10 Å². The van der Waals surface area contributed by atoms with Gasteiger partial charge in [-0.3, -0.25) is 0 Å². The summed E-state index contributed by atoms with van der Waals surface area (Å²) in [5.41, 5.74) is 1.23. The first-order chi connectivity index (χ1) is 8.67. The lowest BCUT2D eigenvalue weighted by atomic mass is 10.1. The van der Waals surface area contributed by atoms with Gasteiger partial charge < -0.3 is 19.9 Å². The average molecular weight is 253 g/mol. The summed E-state index contributed by atoms with van der Waals surface area (Å²) in [5, 5.41) is 12.1. The van der Waals surface area contributed by atoms with Crippen molar-refractivity contribution in [2.45, 2.75) is 12.6 Å². The van der Waals surface area contributed by atoms with E-state index in [1.807, 2.05) is 6.07 Å². The van der Waals surface area contributed by atoms with Crippen LogP contribution in [0.4, 0.5) is 0 Å². The third-order valence-corrected chi connectivity index (χ3v) is 2.56. The highest BCUT2D eigenvalue weighted by molar-refractivity contribution is 5.87. The fourth-order valence-corrected chi connectivity index (χ4v) is 1.59. The summed E-state index contributed by atoms with van der Waals surface area (Å²) in [6.45, 7) is 1.78. The molecular formula is C13H19NO4. The lowest BCUT2D eigenvalue weighted by Gasteiger charge is -2.15. The van der Waals surface area contributed by atoms with E-state index in [4.69, 9.17) is 14.6 Å². The molecule has 0 radical (unpaired) electrons. The summed E-state index contributed by atoms with van der Waals surface area (Å²) >= 11 is 0. The van der Waals surface area contributed by atoms with Gasteiger partial charge in [0.2, 0.25) is 0 Å². The van der Waals surface area contributed by atoms with Crippen LogP contribution in [-0.2, 0) is 16.0 Å². The quantitative estimate of drug-likeness (QED) is 0.727. The second kappa shape index (κ2) is 7.81. The predicted octanol–water partition coefficient (Wildman–Crippen LogP) is 1.14. The Balaban J connectivity index is 2.43. The monoisotopic (exact) mass is 253 g/mol. The first-order valence-electron chi connectivity index (χ1n) is 5.72. The van der Waals surface area contributed by atoms with Crippen molar-refractivity contribution in [1.29, 1.82) is 0 Å². The Morgan fingerprint density at radius 3 is 2.83 bits per heavy atom. The fourth-order valence-electron chi connectivity index (χ4n) is 1.59. The van der Waals surface area contributed by atoms with Gasteiger partial charge >= 0.3 is 5.97 Å². The van der Waals surface area contributed by atoms with Crippen molar-refractivity contribution in [2.75, 3.05) is 27.4 Å². The molecule has 2 N–H and O–H groups in total. The van der Waals surface area contributed by atoms with Crippen LogP contribution in [0.5, 0.6) is 0 Å². The van der Waals surface area contributed by atoms with Gasteiger partial charge in [-0.25, -0.2) is 4.79 Å². The largest absolute Gasteiger partial charge is 0.478 e. The highest BCUT2D eigenvalue weighted by atomic mass is 16.5. The first-order valence-corrected chi connectivity index (χ1v) is 5.72. The van der Waals surface area contributed by atoms with Gasteiger partial charge in [0.1, 0.15) is 0 Å². The van der Waals surface area contributed by atoms with Crippen LogP contribution in [0.15, 0.2) is 24.3 Å². The molecule has 0 bridgehead atoms. The minimum Gasteiger partial charge on any atom is -0.478 e. The van der Waals surface area contributed by atoms with E-state index >= 15 is 0 Å². The van der Waals surface area contributed by atoms with Crippen LogP contribution in [-0.4, -0.2) is 44.6 Å². The molecule has 18 heavy (non-hydrogen) atoms. The Labute approximate surface area is 107 Å². The molecule has 1 aromatic carbocycles. The number of carbonyl (C=O) groups is 1. The number of nitrogens with one attached hydrogen (secondary N) is 1. The zero-order valence-corrected chi connectivity index (χ0v) is 10.7. The normalized spacial score (nSPS) is 12.3. The molecule has 1 rings (SSSR count). The maximum Gasteiger partial charge on any atom is 0.335 e. The van der Waals surface area contributed by atoms with Crippen molar-refractivity contribution in [3.8, 4) is 0 Å². The van der Waals surface area contributed by atoms with E-state index < -0.39 is 5.97 Å². The molecule has 1 atom stereocenters. The minimum atomic E-state index is -0.911. The molecule has 0 aliphatic rings. The zero-order chi connectivity index (χ0) is 13.4. The van der Waals surface area contributed by atoms with Crippen LogP contribution < -0.4 is 5.32 Å². The molecule has 0 fully saturated rings. The van der Waals surface area contributed by atoms with E-state index in [2.05, 4.69) is 5.32 Å². The molecule has 5 nitrogen and oxygen atoms in total. The molecule has 100 valence electrons. The van der Waals surface area contributed by atoms with Crippen LogP contribution in [0.2, 0.25) is 0 Å². The summed E-state index contributed by atoms with van der Waals surface area (Å²) < 4.78 is 10.2. The van der Waals surface area contributed by atoms with Gasteiger partial charge in [-0.2, -0.15) is 0 Å². The number of carboxylic acids is 1. The number of hydrogen-bond donors (Lipinski definition) is 2. The van der Waals surface area contributed by atoms with Gasteiger partial charge in [0.25, 0.3) is 0 Å². The summed E-state index contributed by atoms with van der Waals surface area (Å²) in [6, 6.07) is 6.86. The molecule has 0 saturated heterocycles. The highest BCUT2D eigenvalue weighted by Crippen LogP contribution is 2.05. The predicted molar refractivity (Wildman–Crippen MR) is 67.8 cm³/mol. The Morgan fingerprint density at radius 1 is 1.44 bits per heavy atom. The maximum atomic E-state index is 10.8. The minimum absolute atomic E-state index is 0.00217. The first kappa shape index (κ1) is 14.6. The molecule has 0 spiro atoms. The van der Waals surface area contributed by atoms with Gasteiger partial charge in [-0.05, 0) is 17.7 Å². The van der Waals surface area contributed by atoms with E-state index in [0.29, 0.717) is 25.3 Å². The smallest absolute Gasteiger partial charge is 0.335 e. The van der Waals surface area contributed by atoms with Crippen LogP contribution in [0.25, 0.3) is 0 Å². The van der Waals surface area contributed by atoms with Gasteiger partial charge in [-0.1, -0.05) is 12.1 Å². The molecule has 0 amide bonds. The maximum absolute atomic E-state index is 10.8. The van der Waals surface area contributed by atoms with Crippen LogP contribution in [0.3, 0.4) is 0 Å². The standard InChI is InChI=1S/C13H19NO4/c1-17-9-12(18-2)8-14-7-10-4-3-5-11(6-10)13(15)16/h3-6,12,14H,7-9H2,1-2H3,(H,15,16). The molecule has 0 aliphatic carbocycles. The van der Waals surface area contributed by atoms with Crippen LogP contribution in [0, 0.1) is 0 Å². The zero-order valence-electron chi connectivity index (χ0n) is 10.7. The highest BCUT2D eigenvalue weighted by Gasteiger charge is 2.06. The number of ether oxygens (including phenoxy) is 2. The van der Waals surface area contributed by atoms with Crippen LogP contribution in [0.1, 0.15) is 15.9 Å². The summed E-state index contributed by atoms with van der Waals surface area (Å²) in [5.74, 6) is -0.911. The van der Waals surface area contributed by atoms with Gasteiger partial charge in [0.15, 0.2) is 0 Å². The number of hydrogen-bond acceptors (Lipinski definition) is 4. The van der Waals surface area contributed by atoms with E-state index in [1.54, 1.807) is 32.4 Å². The Morgan fingerprint density at radius 2 is 2.22 bits per heavy atom. The topological polar surface area (TPSA) is 67.8 Å². The summed E-state index contributed by atoms with van der Waals surface area (Å²) in [7, 11) is 3.26. The molecule has 1 aromatic rings. The van der Waals surface area contributed by atoms with Crippen molar-refractivity contribution >= 4 is 5.97 Å². The Hall–Kier alpha value is -1.43. The van der Waals surface area contributed by atoms with Crippen molar-refractivity contribution in [1.82, 2.24) is 5.32 Å². The van der Waals surface area contributed by atoms with Crippen molar-refractivity contribution in [3.63, 3.8) is 0 Å². The van der Waals surface area contributed by atoms with Crippen molar-refractivity contribution in [3.05, 3.63) is 35.4 Å². The molecule has 0 aromatic heterocycles. The second-order valence-electron chi connectivity index (χ2n) is 3.95. The number of methoxy groups -OCH3 is 2.